The number of hydrogen-bond donors (Lipinski definition) is 0. The maximum Gasteiger partial charge on any atom is 0.231 e. The van der Waals surface area contributed by atoms with Crippen molar-refractivity contribution in [1.29, 1.82) is 0 Å². The van der Waals surface area contributed by atoms with Gasteiger partial charge in [0, 0.05) is 18.7 Å². The smallest absolute Gasteiger partial charge is 0.231 e. The van der Waals surface area contributed by atoms with Crippen LogP contribution in [0.25, 0.3) is 11.4 Å². The molecule has 0 amide bonds. The summed E-state index contributed by atoms with van der Waals surface area (Å²) in [5.41, 5.74) is 3.75. The average molecular weight is 319 g/mol. The number of benzene rings is 2. The number of rotatable bonds is 4. The summed E-state index contributed by atoms with van der Waals surface area (Å²) >= 11 is 0. The molecule has 4 nitrogen and oxygen atoms in total. The Morgan fingerprint density at radius 1 is 1.08 bits per heavy atom. The summed E-state index contributed by atoms with van der Waals surface area (Å²) in [6, 6.07) is 18.6. The number of likely N-dealkylation sites (tertiary alicyclic amines) is 1. The van der Waals surface area contributed by atoms with Crippen LogP contribution >= 0.6 is 0 Å². The van der Waals surface area contributed by atoms with Crippen LogP contribution in [0.5, 0.6) is 0 Å². The second-order valence-corrected chi connectivity index (χ2v) is 6.47. The molecule has 2 heterocycles. The molecule has 1 aliphatic rings. The van der Waals surface area contributed by atoms with Gasteiger partial charge in [-0.25, -0.2) is 0 Å². The van der Waals surface area contributed by atoms with Crippen molar-refractivity contribution in [2.45, 2.75) is 25.8 Å². The van der Waals surface area contributed by atoms with Crippen LogP contribution in [0.15, 0.2) is 59.1 Å². The Balaban J connectivity index is 1.44. The summed E-state index contributed by atoms with van der Waals surface area (Å²) < 4.78 is 5.54. The van der Waals surface area contributed by atoms with E-state index in [1.807, 2.05) is 30.3 Å². The Hall–Kier alpha value is -2.46. The zero-order chi connectivity index (χ0) is 16.4. The zero-order valence-electron chi connectivity index (χ0n) is 13.9. The van der Waals surface area contributed by atoms with E-state index in [0.29, 0.717) is 11.7 Å². The molecule has 4 heteroatoms. The van der Waals surface area contributed by atoms with Crippen LogP contribution in [-0.4, -0.2) is 28.1 Å². The highest BCUT2D eigenvalue weighted by Gasteiger charge is 2.28. The molecule has 1 atom stereocenters. The highest BCUT2D eigenvalue weighted by atomic mass is 16.5. The van der Waals surface area contributed by atoms with Gasteiger partial charge in [0.05, 0.1) is 5.92 Å². The van der Waals surface area contributed by atoms with Gasteiger partial charge in [0.25, 0.3) is 0 Å². The molecule has 0 spiro atoms. The fraction of sp³-hybridized carbons (Fsp3) is 0.300. The van der Waals surface area contributed by atoms with Crippen molar-refractivity contribution in [3.8, 4) is 11.4 Å². The van der Waals surface area contributed by atoms with Gasteiger partial charge in [-0.1, -0.05) is 59.8 Å². The lowest BCUT2D eigenvalue weighted by Gasteiger charge is -2.16. The molecule has 24 heavy (non-hydrogen) atoms. The van der Waals surface area contributed by atoms with E-state index in [-0.39, 0.29) is 0 Å². The van der Waals surface area contributed by atoms with Crippen molar-refractivity contribution in [3.05, 3.63) is 71.6 Å². The van der Waals surface area contributed by atoms with Crippen LogP contribution in [0.3, 0.4) is 0 Å². The first kappa shape index (κ1) is 15.1. The van der Waals surface area contributed by atoms with Crippen LogP contribution in [0, 0.1) is 6.92 Å². The first-order chi connectivity index (χ1) is 11.8. The molecule has 0 radical (unpaired) electrons. The predicted octanol–water partition coefficient (Wildman–Crippen LogP) is 4.03. The summed E-state index contributed by atoms with van der Waals surface area (Å²) in [6.45, 7) is 5.21. The van der Waals surface area contributed by atoms with Gasteiger partial charge in [-0.05, 0) is 31.0 Å². The van der Waals surface area contributed by atoms with Gasteiger partial charge in [0.1, 0.15) is 0 Å². The summed E-state index contributed by atoms with van der Waals surface area (Å²) in [4.78, 5) is 7.09. The number of aryl methyl sites for hydroxylation is 1. The van der Waals surface area contributed by atoms with Crippen LogP contribution in [0.2, 0.25) is 0 Å². The van der Waals surface area contributed by atoms with Crippen LogP contribution in [-0.2, 0) is 6.54 Å². The van der Waals surface area contributed by atoms with E-state index in [0.717, 1.165) is 37.5 Å². The SMILES string of the molecule is Cc1ccccc1CN1CC[C@H](c2nc(-c3ccccc3)no2)C1. The monoisotopic (exact) mass is 319 g/mol. The second kappa shape index (κ2) is 6.57. The second-order valence-electron chi connectivity index (χ2n) is 6.47. The van der Waals surface area contributed by atoms with Gasteiger partial charge in [-0.15, -0.1) is 0 Å². The van der Waals surface area contributed by atoms with E-state index >= 15 is 0 Å². The Labute approximate surface area is 142 Å². The summed E-state index contributed by atoms with van der Waals surface area (Å²) in [7, 11) is 0. The van der Waals surface area contributed by atoms with Crippen molar-refractivity contribution < 1.29 is 4.52 Å². The zero-order valence-corrected chi connectivity index (χ0v) is 13.9. The fourth-order valence-electron chi connectivity index (χ4n) is 3.31. The van der Waals surface area contributed by atoms with E-state index in [2.05, 4.69) is 46.2 Å². The third-order valence-electron chi connectivity index (χ3n) is 4.75. The largest absolute Gasteiger partial charge is 0.339 e. The fourth-order valence-corrected chi connectivity index (χ4v) is 3.31. The average Bonchev–Trinajstić information content (AvgIpc) is 3.27. The van der Waals surface area contributed by atoms with Crippen LogP contribution < -0.4 is 0 Å². The molecule has 1 fully saturated rings. The Bertz CT molecular complexity index is 813. The van der Waals surface area contributed by atoms with Gasteiger partial charge < -0.3 is 4.52 Å². The Kier molecular flexibility index (Phi) is 4.13. The van der Waals surface area contributed by atoms with E-state index in [1.165, 1.54) is 11.1 Å². The Morgan fingerprint density at radius 3 is 2.71 bits per heavy atom. The molecule has 0 N–H and O–H groups in total. The van der Waals surface area contributed by atoms with Crippen molar-refractivity contribution >= 4 is 0 Å². The molecule has 2 aromatic carbocycles. The highest BCUT2D eigenvalue weighted by Crippen LogP contribution is 2.29. The minimum Gasteiger partial charge on any atom is -0.339 e. The van der Waals surface area contributed by atoms with Gasteiger partial charge in [-0.2, -0.15) is 4.98 Å². The molecule has 1 aromatic heterocycles. The quantitative estimate of drug-likeness (QED) is 0.728. The maximum absolute atomic E-state index is 5.54. The topological polar surface area (TPSA) is 42.2 Å². The van der Waals surface area contributed by atoms with E-state index in [1.54, 1.807) is 0 Å². The number of hydrogen-bond acceptors (Lipinski definition) is 4. The third-order valence-corrected chi connectivity index (χ3v) is 4.75. The summed E-state index contributed by atoms with van der Waals surface area (Å²) in [5.74, 6) is 1.78. The molecule has 0 bridgehead atoms. The van der Waals surface area contributed by atoms with Crippen molar-refractivity contribution in [2.24, 2.45) is 0 Å². The van der Waals surface area contributed by atoms with Gasteiger partial charge in [0.2, 0.25) is 11.7 Å². The van der Waals surface area contributed by atoms with Crippen molar-refractivity contribution in [2.75, 3.05) is 13.1 Å². The minimum atomic E-state index is 0.332. The van der Waals surface area contributed by atoms with Crippen molar-refractivity contribution in [3.63, 3.8) is 0 Å². The summed E-state index contributed by atoms with van der Waals surface area (Å²) in [6.07, 6.45) is 1.07. The molecule has 3 aromatic rings. The molecule has 1 aliphatic heterocycles. The predicted molar refractivity (Wildman–Crippen MR) is 93.5 cm³/mol. The van der Waals surface area contributed by atoms with E-state index in [4.69, 9.17) is 4.52 Å². The van der Waals surface area contributed by atoms with Gasteiger partial charge in [0.15, 0.2) is 0 Å². The first-order valence-electron chi connectivity index (χ1n) is 8.45. The molecular weight excluding hydrogens is 298 g/mol. The molecule has 1 saturated heterocycles. The lowest BCUT2D eigenvalue weighted by molar-refractivity contribution is 0.309. The molecule has 0 unspecified atom stereocenters. The standard InChI is InChI=1S/C20H21N3O/c1-15-7-5-6-10-17(15)13-23-12-11-18(14-23)20-21-19(22-24-20)16-8-3-2-4-9-16/h2-10,18H,11-14H2,1H3/t18-/m0/s1. The van der Waals surface area contributed by atoms with Crippen molar-refractivity contribution in [1.82, 2.24) is 15.0 Å². The van der Waals surface area contributed by atoms with Gasteiger partial charge in [-0.3, -0.25) is 4.90 Å². The van der Waals surface area contributed by atoms with E-state index < -0.39 is 0 Å². The van der Waals surface area contributed by atoms with Gasteiger partial charge >= 0.3 is 0 Å². The Morgan fingerprint density at radius 2 is 1.88 bits per heavy atom. The molecule has 0 aliphatic carbocycles. The molecule has 4 rings (SSSR count). The number of aromatic nitrogens is 2. The molecule has 122 valence electrons. The summed E-state index contributed by atoms with van der Waals surface area (Å²) in [5, 5.41) is 4.15. The lowest BCUT2D eigenvalue weighted by atomic mass is 10.1. The lowest BCUT2D eigenvalue weighted by Crippen LogP contribution is -2.20. The first-order valence-corrected chi connectivity index (χ1v) is 8.45. The van der Waals surface area contributed by atoms with E-state index in [9.17, 15) is 0 Å². The third kappa shape index (κ3) is 3.10. The molecule has 0 saturated carbocycles. The maximum atomic E-state index is 5.54. The molecular formula is C20H21N3O. The highest BCUT2D eigenvalue weighted by molar-refractivity contribution is 5.53. The minimum absolute atomic E-state index is 0.332. The van der Waals surface area contributed by atoms with Crippen LogP contribution in [0.1, 0.15) is 29.4 Å². The number of nitrogens with zero attached hydrogens (tertiary/aromatic N) is 3. The van der Waals surface area contributed by atoms with Crippen LogP contribution in [0.4, 0.5) is 0 Å². The normalized spacial score (nSPS) is 18.1.